The molecule has 0 fully saturated rings. The molecule has 0 aliphatic rings. The first-order valence-corrected chi connectivity index (χ1v) is 13.0. The molecule has 4 rings (SSSR count). The summed E-state index contributed by atoms with van der Waals surface area (Å²) < 4.78 is 0. The van der Waals surface area contributed by atoms with E-state index in [0.717, 1.165) is 5.56 Å². The zero-order valence-electron chi connectivity index (χ0n) is 18.0. The summed E-state index contributed by atoms with van der Waals surface area (Å²) in [5.74, 6) is 0.185. The number of aliphatic hydroxyl groups excluding tert-OH is 1. The lowest BCUT2D eigenvalue weighted by Gasteiger charge is -2.27. The zero-order chi connectivity index (χ0) is 22.2. The molecule has 0 aliphatic carbocycles. The summed E-state index contributed by atoms with van der Waals surface area (Å²) >= 11 is 0. The third-order valence-electron chi connectivity index (χ3n) is 5.89. The SMILES string of the molecule is O=C(CCC(O)c1ccccc1)C[P+](c1ccccc1)(c1ccccc1)c1ccccc1. The zero-order valence-corrected chi connectivity index (χ0v) is 18.9. The Labute approximate surface area is 190 Å². The van der Waals surface area contributed by atoms with E-state index in [1.807, 2.05) is 48.5 Å². The normalized spacial score (nSPS) is 12.3. The fraction of sp³-hybridized carbons (Fsp3) is 0.138. The Morgan fingerprint density at radius 2 is 1.00 bits per heavy atom. The quantitative estimate of drug-likeness (QED) is 0.370. The van der Waals surface area contributed by atoms with Crippen molar-refractivity contribution in [1.82, 2.24) is 0 Å². The second kappa shape index (κ2) is 10.5. The maximum absolute atomic E-state index is 13.4. The highest BCUT2D eigenvalue weighted by Gasteiger charge is 2.46. The molecule has 2 nitrogen and oxygen atoms in total. The van der Waals surface area contributed by atoms with Crippen LogP contribution >= 0.6 is 7.26 Å². The van der Waals surface area contributed by atoms with E-state index in [4.69, 9.17) is 0 Å². The minimum Gasteiger partial charge on any atom is -0.388 e. The van der Waals surface area contributed by atoms with Gasteiger partial charge in [0, 0.05) is 6.42 Å². The first kappa shape index (κ1) is 22.1. The third kappa shape index (κ3) is 4.88. The molecule has 1 N–H and O–H groups in total. The smallest absolute Gasteiger partial charge is 0.171 e. The number of hydrogen-bond acceptors (Lipinski definition) is 2. The molecule has 0 aromatic heterocycles. The number of carbonyl (C=O) groups is 1. The van der Waals surface area contributed by atoms with Gasteiger partial charge in [-0.15, -0.1) is 0 Å². The van der Waals surface area contributed by atoms with Crippen molar-refractivity contribution in [1.29, 1.82) is 0 Å². The largest absolute Gasteiger partial charge is 0.388 e. The Hall–Kier alpha value is -3.06. The first-order valence-electron chi connectivity index (χ1n) is 11.0. The van der Waals surface area contributed by atoms with Crippen molar-refractivity contribution in [2.24, 2.45) is 0 Å². The molecule has 160 valence electrons. The molecule has 1 atom stereocenters. The fourth-order valence-corrected chi connectivity index (χ4v) is 8.42. The van der Waals surface area contributed by atoms with Gasteiger partial charge < -0.3 is 5.11 Å². The van der Waals surface area contributed by atoms with Crippen molar-refractivity contribution >= 4 is 29.0 Å². The van der Waals surface area contributed by atoms with E-state index in [9.17, 15) is 9.90 Å². The number of ketones is 1. The molecule has 32 heavy (non-hydrogen) atoms. The number of aliphatic hydroxyl groups is 1. The molecular weight excluding hydrogens is 411 g/mol. The van der Waals surface area contributed by atoms with Crippen LogP contribution in [-0.4, -0.2) is 17.1 Å². The topological polar surface area (TPSA) is 37.3 Å². The molecule has 0 bridgehead atoms. The van der Waals surface area contributed by atoms with Crippen LogP contribution in [0.1, 0.15) is 24.5 Å². The van der Waals surface area contributed by atoms with Gasteiger partial charge in [-0.1, -0.05) is 84.9 Å². The number of Topliss-reactive ketones (excluding diaryl/α,β-unsaturated/α-hetero) is 1. The summed E-state index contributed by atoms with van der Waals surface area (Å²) in [6, 6.07) is 40.9. The summed E-state index contributed by atoms with van der Waals surface area (Å²) in [5, 5.41) is 14.2. The monoisotopic (exact) mass is 439 g/mol. The van der Waals surface area contributed by atoms with Gasteiger partial charge >= 0.3 is 0 Å². The van der Waals surface area contributed by atoms with Crippen LogP contribution < -0.4 is 15.9 Å². The predicted octanol–water partition coefficient (Wildman–Crippen LogP) is 5.06. The Balaban J connectivity index is 1.69. The second-order valence-corrected chi connectivity index (χ2v) is 11.5. The molecule has 0 amide bonds. The summed E-state index contributed by atoms with van der Waals surface area (Å²) in [6.07, 6.45) is 0.607. The van der Waals surface area contributed by atoms with E-state index in [1.165, 1.54) is 15.9 Å². The minimum absolute atomic E-state index is 0.185. The van der Waals surface area contributed by atoms with Gasteiger partial charge in [0.05, 0.1) is 6.10 Å². The van der Waals surface area contributed by atoms with Crippen molar-refractivity contribution in [3.8, 4) is 0 Å². The average Bonchev–Trinajstić information content (AvgIpc) is 2.88. The number of rotatable bonds is 9. The van der Waals surface area contributed by atoms with Gasteiger partial charge in [-0.3, -0.25) is 4.79 Å². The number of carbonyl (C=O) groups excluding carboxylic acids is 1. The van der Waals surface area contributed by atoms with Crippen LogP contribution in [0, 0.1) is 0 Å². The molecule has 0 saturated carbocycles. The average molecular weight is 440 g/mol. The lowest BCUT2D eigenvalue weighted by atomic mass is 10.0. The van der Waals surface area contributed by atoms with Gasteiger partial charge in [0.25, 0.3) is 0 Å². The van der Waals surface area contributed by atoms with Crippen LogP contribution in [0.5, 0.6) is 0 Å². The van der Waals surface area contributed by atoms with Gasteiger partial charge in [0.15, 0.2) is 5.78 Å². The van der Waals surface area contributed by atoms with Gasteiger partial charge in [-0.05, 0) is 48.4 Å². The third-order valence-corrected chi connectivity index (χ3v) is 10.3. The van der Waals surface area contributed by atoms with Crippen LogP contribution in [-0.2, 0) is 4.79 Å². The summed E-state index contributed by atoms with van der Waals surface area (Å²) in [5.41, 5.74) is 0.857. The first-order chi connectivity index (χ1) is 15.7. The maximum Gasteiger partial charge on any atom is 0.171 e. The van der Waals surface area contributed by atoms with Crippen LogP contribution in [0.25, 0.3) is 0 Å². The summed E-state index contributed by atoms with van der Waals surface area (Å²) in [6.45, 7) is 0. The van der Waals surface area contributed by atoms with E-state index in [0.29, 0.717) is 19.0 Å². The van der Waals surface area contributed by atoms with E-state index in [2.05, 4.69) is 72.8 Å². The Morgan fingerprint density at radius 3 is 1.41 bits per heavy atom. The van der Waals surface area contributed by atoms with Gasteiger partial charge in [-0.25, -0.2) is 0 Å². The van der Waals surface area contributed by atoms with Crippen molar-refractivity contribution in [2.75, 3.05) is 6.16 Å². The lowest BCUT2D eigenvalue weighted by molar-refractivity contribution is -0.117. The second-order valence-electron chi connectivity index (χ2n) is 7.98. The Morgan fingerprint density at radius 1 is 0.625 bits per heavy atom. The lowest BCUT2D eigenvalue weighted by Crippen LogP contribution is -2.35. The molecule has 0 heterocycles. The molecule has 0 aliphatic heterocycles. The van der Waals surface area contributed by atoms with Crippen LogP contribution in [0.4, 0.5) is 0 Å². The van der Waals surface area contributed by atoms with E-state index < -0.39 is 13.4 Å². The van der Waals surface area contributed by atoms with Gasteiger partial charge in [0.2, 0.25) is 0 Å². The molecule has 3 heteroatoms. The van der Waals surface area contributed by atoms with Crippen molar-refractivity contribution in [3.05, 3.63) is 127 Å². The van der Waals surface area contributed by atoms with E-state index >= 15 is 0 Å². The van der Waals surface area contributed by atoms with Crippen LogP contribution in [0.2, 0.25) is 0 Å². The summed E-state index contributed by atoms with van der Waals surface area (Å²) in [4.78, 5) is 13.4. The van der Waals surface area contributed by atoms with Crippen molar-refractivity contribution in [3.63, 3.8) is 0 Å². The van der Waals surface area contributed by atoms with Gasteiger partial charge in [-0.2, -0.15) is 0 Å². The van der Waals surface area contributed by atoms with Crippen molar-refractivity contribution in [2.45, 2.75) is 18.9 Å². The van der Waals surface area contributed by atoms with Gasteiger partial charge in [0.1, 0.15) is 29.3 Å². The number of hydrogen-bond donors (Lipinski definition) is 1. The highest BCUT2D eigenvalue weighted by molar-refractivity contribution is 7.96. The Kier molecular flexibility index (Phi) is 7.27. The minimum atomic E-state index is -2.17. The molecule has 0 radical (unpaired) electrons. The highest BCUT2D eigenvalue weighted by atomic mass is 31.2. The molecule has 1 unspecified atom stereocenters. The molecule has 4 aromatic carbocycles. The van der Waals surface area contributed by atoms with Crippen LogP contribution in [0.15, 0.2) is 121 Å². The fourth-order valence-electron chi connectivity index (χ4n) is 4.25. The van der Waals surface area contributed by atoms with E-state index in [1.54, 1.807) is 0 Å². The molecule has 0 spiro atoms. The van der Waals surface area contributed by atoms with E-state index in [-0.39, 0.29) is 5.78 Å². The highest BCUT2D eigenvalue weighted by Crippen LogP contribution is 2.55. The number of benzene rings is 4. The molecule has 0 saturated heterocycles. The molecule has 4 aromatic rings. The van der Waals surface area contributed by atoms with Crippen molar-refractivity contribution < 1.29 is 9.90 Å². The standard InChI is InChI=1S/C29H28O2P/c30-25(21-22-29(31)24-13-5-1-6-14-24)23-32(26-15-7-2-8-16-26,27-17-9-3-10-18-27)28-19-11-4-12-20-28/h1-20,29,31H,21-23H2/q+1. The summed E-state index contributed by atoms with van der Waals surface area (Å²) in [7, 11) is -2.17. The maximum atomic E-state index is 13.4. The molecular formula is C29H28O2P+. The predicted molar refractivity (Wildman–Crippen MR) is 136 cm³/mol. The van der Waals surface area contributed by atoms with Crippen LogP contribution in [0.3, 0.4) is 0 Å². The Bertz CT molecular complexity index is 1020.